The summed E-state index contributed by atoms with van der Waals surface area (Å²) in [7, 11) is 3.25. The second-order valence-corrected chi connectivity index (χ2v) is 3.75. The van der Waals surface area contributed by atoms with Gasteiger partial charge in [0.2, 0.25) is 0 Å². The first-order valence-electron chi connectivity index (χ1n) is 5.29. The number of hydrogen-bond acceptors (Lipinski definition) is 3. The number of benzene rings is 1. The average Bonchev–Trinajstić information content (AvgIpc) is 2.31. The Morgan fingerprint density at radius 2 is 1.88 bits per heavy atom. The SMILES string of the molecule is COC(OC)C1=Cc2ccccc2OC1C. The fourth-order valence-electron chi connectivity index (χ4n) is 1.89. The van der Waals surface area contributed by atoms with Gasteiger partial charge in [-0.2, -0.15) is 0 Å². The van der Waals surface area contributed by atoms with Crippen molar-refractivity contribution in [2.45, 2.75) is 19.3 Å². The van der Waals surface area contributed by atoms with Gasteiger partial charge < -0.3 is 14.2 Å². The molecule has 1 atom stereocenters. The van der Waals surface area contributed by atoms with Crippen LogP contribution in [0.25, 0.3) is 6.08 Å². The maximum Gasteiger partial charge on any atom is 0.182 e. The smallest absolute Gasteiger partial charge is 0.182 e. The van der Waals surface area contributed by atoms with Gasteiger partial charge in [0, 0.05) is 25.4 Å². The minimum absolute atomic E-state index is 0.0280. The van der Waals surface area contributed by atoms with E-state index in [2.05, 4.69) is 6.08 Å². The van der Waals surface area contributed by atoms with Crippen molar-refractivity contribution in [1.82, 2.24) is 0 Å². The van der Waals surface area contributed by atoms with Gasteiger partial charge in [0.05, 0.1) is 0 Å². The highest BCUT2D eigenvalue weighted by molar-refractivity contribution is 5.63. The summed E-state index contributed by atoms with van der Waals surface area (Å²) in [6.07, 6.45) is 1.70. The number of para-hydroxylation sites is 1. The lowest BCUT2D eigenvalue weighted by Gasteiger charge is -2.28. The van der Waals surface area contributed by atoms with Gasteiger partial charge >= 0.3 is 0 Å². The van der Waals surface area contributed by atoms with Gasteiger partial charge in [0.1, 0.15) is 11.9 Å². The largest absolute Gasteiger partial charge is 0.486 e. The van der Waals surface area contributed by atoms with Gasteiger partial charge in [0.25, 0.3) is 0 Å². The number of ether oxygens (including phenoxy) is 3. The van der Waals surface area contributed by atoms with Crippen molar-refractivity contribution in [3.8, 4) is 5.75 Å². The van der Waals surface area contributed by atoms with E-state index in [9.17, 15) is 0 Å². The summed E-state index contributed by atoms with van der Waals surface area (Å²) in [6, 6.07) is 7.94. The quantitative estimate of drug-likeness (QED) is 0.732. The highest BCUT2D eigenvalue weighted by atomic mass is 16.7. The number of rotatable bonds is 3. The first-order valence-corrected chi connectivity index (χ1v) is 5.29. The van der Waals surface area contributed by atoms with Crippen LogP contribution in [-0.2, 0) is 9.47 Å². The summed E-state index contributed by atoms with van der Waals surface area (Å²) < 4.78 is 16.3. The van der Waals surface area contributed by atoms with E-state index in [1.165, 1.54) is 0 Å². The number of hydrogen-bond donors (Lipinski definition) is 0. The van der Waals surface area contributed by atoms with Crippen LogP contribution in [0.2, 0.25) is 0 Å². The average molecular weight is 220 g/mol. The maximum atomic E-state index is 5.80. The van der Waals surface area contributed by atoms with Crippen molar-refractivity contribution in [2.75, 3.05) is 14.2 Å². The molecule has 0 saturated heterocycles. The highest BCUT2D eigenvalue weighted by Gasteiger charge is 2.25. The molecule has 0 amide bonds. The van der Waals surface area contributed by atoms with Gasteiger partial charge in [-0.15, -0.1) is 0 Å². The molecule has 0 spiro atoms. The molecule has 0 fully saturated rings. The van der Waals surface area contributed by atoms with Gasteiger partial charge in [-0.3, -0.25) is 0 Å². The van der Waals surface area contributed by atoms with Crippen molar-refractivity contribution in [1.29, 1.82) is 0 Å². The monoisotopic (exact) mass is 220 g/mol. The highest BCUT2D eigenvalue weighted by Crippen LogP contribution is 2.31. The van der Waals surface area contributed by atoms with E-state index in [1.807, 2.05) is 31.2 Å². The van der Waals surface area contributed by atoms with E-state index in [1.54, 1.807) is 14.2 Å². The topological polar surface area (TPSA) is 27.7 Å². The van der Waals surface area contributed by atoms with Gasteiger partial charge in [0.15, 0.2) is 6.29 Å². The third-order valence-electron chi connectivity index (χ3n) is 2.71. The Hall–Kier alpha value is -1.32. The Bertz CT molecular complexity index is 394. The third kappa shape index (κ3) is 1.96. The molecule has 0 bridgehead atoms. The fraction of sp³-hybridized carbons (Fsp3) is 0.385. The van der Waals surface area contributed by atoms with Crippen molar-refractivity contribution in [2.24, 2.45) is 0 Å². The predicted octanol–water partition coefficient (Wildman–Crippen LogP) is 2.47. The Balaban J connectivity index is 2.36. The summed E-state index contributed by atoms with van der Waals surface area (Å²) in [5, 5.41) is 0. The van der Waals surface area contributed by atoms with Crippen LogP contribution < -0.4 is 4.74 Å². The molecule has 1 aliphatic rings. The first kappa shape index (κ1) is 11.2. The van der Waals surface area contributed by atoms with Crippen LogP contribution >= 0.6 is 0 Å². The summed E-state index contributed by atoms with van der Waals surface area (Å²) in [6.45, 7) is 1.99. The van der Waals surface area contributed by atoms with Crippen molar-refractivity contribution < 1.29 is 14.2 Å². The Kier molecular flexibility index (Phi) is 3.27. The van der Waals surface area contributed by atoms with Crippen molar-refractivity contribution >= 4 is 6.08 Å². The van der Waals surface area contributed by atoms with Gasteiger partial charge in [-0.05, 0) is 19.1 Å². The molecule has 0 N–H and O–H groups in total. The maximum absolute atomic E-state index is 5.80. The molecule has 0 saturated carbocycles. The molecule has 3 heteroatoms. The summed E-state index contributed by atoms with van der Waals surface area (Å²) in [4.78, 5) is 0. The van der Waals surface area contributed by atoms with Gasteiger partial charge in [-0.25, -0.2) is 0 Å². The van der Waals surface area contributed by atoms with Crippen molar-refractivity contribution in [3.63, 3.8) is 0 Å². The Morgan fingerprint density at radius 3 is 2.56 bits per heavy atom. The molecule has 86 valence electrons. The van der Waals surface area contributed by atoms with Crippen LogP contribution in [0.1, 0.15) is 12.5 Å². The third-order valence-corrected chi connectivity index (χ3v) is 2.71. The second-order valence-electron chi connectivity index (χ2n) is 3.75. The summed E-state index contributed by atoms with van der Waals surface area (Å²) >= 11 is 0. The lowest BCUT2D eigenvalue weighted by molar-refractivity contribution is -0.0827. The van der Waals surface area contributed by atoms with E-state index in [-0.39, 0.29) is 12.4 Å². The van der Waals surface area contributed by atoms with Crippen LogP contribution in [0.5, 0.6) is 5.75 Å². The fourth-order valence-corrected chi connectivity index (χ4v) is 1.89. The number of fused-ring (bicyclic) bond motifs is 1. The molecular formula is C13H16O3. The number of methoxy groups -OCH3 is 2. The zero-order chi connectivity index (χ0) is 11.5. The van der Waals surface area contributed by atoms with E-state index < -0.39 is 0 Å². The minimum Gasteiger partial charge on any atom is -0.486 e. The standard InChI is InChI=1S/C13H16O3/c1-9-11(13(14-2)15-3)8-10-6-4-5-7-12(10)16-9/h4-9,13H,1-3H3. The summed E-state index contributed by atoms with van der Waals surface area (Å²) in [5.41, 5.74) is 2.07. The molecule has 0 radical (unpaired) electrons. The van der Waals surface area contributed by atoms with Crippen LogP contribution in [0.3, 0.4) is 0 Å². The van der Waals surface area contributed by atoms with Crippen LogP contribution in [0, 0.1) is 0 Å². The molecule has 16 heavy (non-hydrogen) atoms. The molecule has 1 aromatic carbocycles. The summed E-state index contributed by atoms with van der Waals surface area (Å²) in [5.74, 6) is 0.907. The van der Waals surface area contributed by atoms with E-state index >= 15 is 0 Å². The van der Waals surface area contributed by atoms with Crippen LogP contribution in [0.15, 0.2) is 29.8 Å². The van der Waals surface area contributed by atoms with Crippen LogP contribution in [0.4, 0.5) is 0 Å². The molecule has 0 aromatic heterocycles. The zero-order valence-corrected chi connectivity index (χ0v) is 9.77. The molecule has 1 aromatic rings. The molecule has 3 nitrogen and oxygen atoms in total. The van der Waals surface area contributed by atoms with E-state index in [4.69, 9.17) is 14.2 Å². The molecule has 2 rings (SSSR count). The molecule has 1 aliphatic heterocycles. The minimum atomic E-state index is -0.344. The molecule has 0 aliphatic carbocycles. The molecule has 1 unspecified atom stereocenters. The Morgan fingerprint density at radius 1 is 1.19 bits per heavy atom. The predicted molar refractivity (Wildman–Crippen MR) is 62.3 cm³/mol. The lowest BCUT2D eigenvalue weighted by Crippen LogP contribution is -2.29. The Labute approximate surface area is 95.6 Å². The normalized spacial score (nSPS) is 19.0. The first-order chi connectivity index (χ1) is 7.76. The molecule has 1 heterocycles. The van der Waals surface area contributed by atoms with Crippen LogP contribution in [-0.4, -0.2) is 26.6 Å². The van der Waals surface area contributed by atoms with E-state index in [0.29, 0.717) is 0 Å². The van der Waals surface area contributed by atoms with Crippen molar-refractivity contribution in [3.05, 3.63) is 35.4 Å². The van der Waals surface area contributed by atoms with E-state index in [0.717, 1.165) is 16.9 Å². The lowest BCUT2D eigenvalue weighted by atomic mass is 10.0. The second kappa shape index (κ2) is 4.68. The zero-order valence-electron chi connectivity index (χ0n) is 9.77. The van der Waals surface area contributed by atoms with Gasteiger partial charge in [-0.1, -0.05) is 18.2 Å². The molecular weight excluding hydrogens is 204 g/mol.